The summed E-state index contributed by atoms with van der Waals surface area (Å²) in [6.07, 6.45) is 0. The van der Waals surface area contributed by atoms with Crippen molar-refractivity contribution in [3.05, 3.63) is 146 Å². The van der Waals surface area contributed by atoms with Crippen LogP contribution < -0.4 is 0 Å². The Hall–Kier alpha value is -5.60. The van der Waals surface area contributed by atoms with E-state index >= 15 is 0 Å². The molecule has 2 heterocycles. The molecule has 42 heavy (non-hydrogen) atoms. The average molecular weight is 533 g/mol. The zero-order chi connectivity index (χ0) is 27.4. The number of rotatable bonds is 2. The first-order valence-corrected chi connectivity index (χ1v) is 14.5. The van der Waals surface area contributed by atoms with Gasteiger partial charge < -0.3 is 9.13 Å². The highest BCUT2D eigenvalue weighted by Gasteiger charge is 2.21. The Labute approximate surface area is 241 Å². The Bertz CT molecular complexity index is 2610. The Balaban J connectivity index is 1.36. The zero-order valence-electron chi connectivity index (χ0n) is 22.8. The first-order valence-electron chi connectivity index (χ1n) is 14.5. The minimum Gasteiger partial charge on any atom is -0.309 e. The number of hydrogen-bond acceptors (Lipinski definition) is 0. The summed E-state index contributed by atoms with van der Waals surface area (Å²) in [6.45, 7) is 0. The van der Waals surface area contributed by atoms with Gasteiger partial charge in [-0.25, -0.2) is 0 Å². The second-order valence-electron chi connectivity index (χ2n) is 11.4. The van der Waals surface area contributed by atoms with Crippen LogP contribution in [0.15, 0.2) is 146 Å². The van der Waals surface area contributed by atoms with Crippen LogP contribution in [0, 0.1) is 0 Å². The van der Waals surface area contributed by atoms with Gasteiger partial charge >= 0.3 is 0 Å². The molecule has 0 aliphatic carbocycles. The van der Waals surface area contributed by atoms with Gasteiger partial charge in [0.1, 0.15) is 0 Å². The molecular weight excluding hydrogens is 508 g/mol. The van der Waals surface area contributed by atoms with Crippen LogP contribution in [0.2, 0.25) is 0 Å². The molecule has 0 aliphatic rings. The summed E-state index contributed by atoms with van der Waals surface area (Å²) in [5.74, 6) is 0. The van der Waals surface area contributed by atoms with Gasteiger partial charge in [0.15, 0.2) is 0 Å². The molecule has 0 bridgehead atoms. The molecule has 8 aromatic carbocycles. The summed E-state index contributed by atoms with van der Waals surface area (Å²) < 4.78 is 4.87. The summed E-state index contributed by atoms with van der Waals surface area (Å²) in [6, 6.07) is 53.5. The van der Waals surface area contributed by atoms with E-state index in [1.54, 1.807) is 0 Å². The molecule has 0 spiro atoms. The Morgan fingerprint density at radius 3 is 1.36 bits per heavy atom. The van der Waals surface area contributed by atoms with Crippen LogP contribution in [-0.2, 0) is 0 Å². The van der Waals surface area contributed by atoms with E-state index in [1.165, 1.54) is 87.3 Å². The first kappa shape index (κ1) is 22.1. The predicted molar refractivity (Wildman–Crippen MR) is 179 cm³/mol. The summed E-state index contributed by atoms with van der Waals surface area (Å²) in [5, 5.41) is 13.0. The summed E-state index contributed by atoms with van der Waals surface area (Å²) >= 11 is 0. The molecule has 10 rings (SSSR count). The third-order valence-corrected chi connectivity index (χ3v) is 9.19. The molecule has 0 amide bonds. The summed E-state index contributed by atoms with van der Waals surface area (Å²) in [5.41, 5.74) is 7.29. The van der Waals surface area contributed by atoms with Gasteiger partial charge in [-0.05, 0) is 80.8 Å². The zero-order valence-corrected chi connectivity index (χ0v) is 22.8. The number of aromatic nitrogens is 2. The van der Waals surface area contributed by atoms with E-state index in [2.05, 4.69) is 155 Å². The number of benzene rings is 8. The molecule has 194 valence electrons. The molecule has 0 atom stereocenters. The van der Waals surface area contributed by atoms with Crippen LogP contribution in [-0.4, -0.2) is 9.13 Å². The van der Waals surface area contributed by atoms with Crippen molar-refractivity contribution in [1.82, 2.24) is 9.13 Å². The van der Waals surface area contributed by atoms with Crippen LogP contribution in [0.25, 0.3) is 87.3 Å². The van der Waals surface area contributed by atoms with E-state index in [0.29, 0.717) is 0 Å². The second-order valence-corrected chi connectivity index (χ2v) is 11.4. The maximum absolute atomic E-state index is 2.47. The largest absolute Gasteiger partial charge is 0.309 e. The number of hydrogen-bond donors (Lipinski definition) is 0. The molecule has 0 saturated carbocycles. The van der Waals surface area contributed by atoms with Crippen molar-refractivity contribution in [3.8, 4) is 11.4 Å². The highest BCUT2D eigenvalue weighted by molar-refractivity contribution is 6.29. The van der Waals surface area contributed by atoms with E-state index in [4.69, 9.17) is 0 Å². The molecule has 2 nitrogen and oxygen atoms in total. The van der Waals surface area contributed by atoms with Gasteiger partial charge in [-0.1, -0.05) is 97.1 Å². The summed E-state index contributed by atoms with van der Waals surface area (Å²) in [7, 11) is 0. The molecule has 0 radical (unpaired) electrons. The highest BCUT2D eigenvalue weighted by atomic mass is 15.0. The Morgan fingerprint density at radius 2 is 0.762 bits per heavy atom. The Morgan fingerprint density at radius 1 is 0.286 bits per heavy atom. The lowest BCUT2D eigenvalue weighted by atomic mass is 9.94. The maximum Gasteiger partial charge on any atom is 0.0548 e. The van der Waals surface area contributed by atoms with E-state index in [1.807, 2.05) is 0 Å². The molecule has 2 aromatic heterocycles. The minimum atomic E-state index is 1.18. The van der Waals surface area contributed by atoms with Crippen molar-refractivity contribution in [3.63, 3.8) is 0 Å². The van der Waals surface area contributed by atoms with Crippen LogP contribution in [0.5, 0.6) is 0 Å². The first-order chi connectivity index (χ1) is 20.8. The van der Waals surface area contributed by atoms with Crippen molar-refractivity contribution in [1.29, 1.82) is 0 Å². The molecule has 0 saturated heterocycles. The lowest BCUT2D eigenvalue weighted by molar-refractivity contribution is 1.17. The smallest absolute Gasteiger partial charge is 0.0548 e. The van der Waals surface area contributed by atoms with Crippen molar-refractivity contribution < 1.29 is 0 Å². The monoisotopic (exact) mass is 532 g/mol. The number of nitrogens with zero attached hydrogens (tertiary/aromatic N) is 2. The number of fused-ring (bicyclic) bond motifs is 7. The van der Waals surface area contributed by atoms with Crippen molar-refractivity contribution >= 4 is 75.9 Å². The molecule has 0 fully saturated rings. The average Bonchev–Trinajstić information content (AvgIpc) is 3.57. The lowest BCUT2D eigenvalue weighted by Crippen LogP contribution is -1.95. The quantitative estimate of drug-likeness (QED) is 0.196. The van der Waals surface area contributed by atoms with Gasteiger partial charge in [-0.2, -0.15) is 0 Å². The Kier molecular flexibility index (Phi) is 4.21. The van der Waals surface area contributed by atoms with Crippen molar-refractivity contribution in [2.75, 3.05) is 0 Å². The van der Waals surface area contributed by atoms with Gasteiger partial charge in [0, 0.05) is 32.9 Å². The van der Waals surface area contributed by atoms with Gasteiger partial charge in [0.05, 0.1) is 22.1 Å². The topological polar surface area (TPSA) is 9.86 Å². The summed E-state index contributed by atoms with van der Waals surface area (Å²) in [4.78, 5) is 0. The third kappa shape index (κ3) is 2.78. The van der Waals surface area contributed by atoms with E-state index in [0.717, 1.165) is 0 Å². The van der Waals surface area contributed by atoms with Crippen LogP contribution in [0.3, 0.4) is 0 Å². The van der Waals surface area contributed by atoms with Crippen LogP contribution in [0.1, 0.15) is 0 Å². The molecular formula is C40H24N2. The number of para-hydroxylation sites is 3. The normalized spacial score (nSPS) is 12.3. The SMILES string of the molecule is c1ccc(-n2c3ccccc3c3c4c5ccccc5n(-c5cc6ccc7cccc8ccc(c5)c6c78)c4ccc32)cc1. The fraction of sp³-hybridized carbons (Fsp3) is 0. The highest BCUT2D eigenvalue weighted by Crippen LogP contribution is 2.43. The molecule has 0 N–H and O–H groups in total. The van der Waals surface area contributed by atoms with E-state index in [-0.39, 0.29) is 0 Å². The fourth-order valence-corrected chi connectivity index (χ4v) is 7.52. The maximum atomic E-state index is 2.47. The van der Waals surface area contributed by atoms with Crippen LogP contribution in [0.4, 0.5) is 0 Å². The van der Waals surface area contributed by atoms with Gasteiger partial charge in [-0.15, -0.1) is 0 Å². The molecule has 10 aromatic rings. The molecule has 0 aliphatic heterocycles. The third-order valence-electron chi connectivity index (χ3n) is 9.19. The van der Waals surface area contributed by atoms with E-state index in [9.17, 15) is 0 Å². The second kappa shape index (κ2) is 7.99. The van der Waals surface area contributed by atoms with Gasteiger partial charge in [0.25, 0.3) is 0 Å². The fourth-order valence-electron chi connectivity index (χ4n) is 7.52. The van der Waals surface area contributed by atoms with E-state index < -0.39 is 0 Å². The standard InChI is InChI=1S/C40H24N2/c1-2-11-29(12-3-1)41-33-15-6-4-13-31(33)39-35(41)21-22-36-40(39)32-14-5-7-16-34(32)42(36)30-23-27-19-17-25-9-8-10-26-18-20-28(24-30)38(27)37(25)26/h1-24H. The van der Waals surface area contributed by atoms with Gasteiger partial charge in [0.2, 0.25) is 0 Å². The molecule has 2 heteroatoms. The van der Waals surface area contributed by atoms with Gasteiger partial charge in [-0.3, -0.25) is 0 Å². The van der Waals surface area contributed by atoms with Crippen molar-refractivity contribution in [2.45, 2.75) is 0 Å². The molecule has 0 unspecified atom stereocenters. The lowest BCUT2D eigenvalue weighted by Gasteiger charge is -2.14. The van der Waals surface area contributed by atoms with Crippen LogP contribution >= 0.6 is 0 Å². The van der Waals surface area contributed by atoms with Crippen molar-refractivity contribution in [2.24, 2.45) is 0 Å². The minimum absolute atomic E-state index is 1.18. The predicted octanol–water partition coefficient (Wildman–Crippen LogP) is 10.8.